The molecule has 2 aromatic rings. The van der Waals surface area contributed by atoms with Crippen molar-refractivity contribution in [3.8, 4) is 11.5 Å². The molecule has 0 aromatic heterocycles. The van der Waals surface area contributed by atoms with Crippen LogP contribution in [0, 0.1) is 5.92 Å². The second kappa shape index (κ2) is 10.5. The van der Waals surface area contributed by atoms with Gasteiger partial charge in [0.1, 0.15) is 17.0 Å². The number of urea groups is 1. The Kier molecular flexibility index (Phi) is 7.41. The number of amides is 3. The number of ether oxygens (including phenoxy) is 2. The van der Waals surface area contributed by atoms with Gasteiger partial charge in [-0.15, -0.1) is 0 Å². The Hall–Kier alpha value is -3.06. The summed E-state index contributed by atoms with van der Waals surface area (Å²) in [5.74, 6) is 1.73. The third kappa shape index (κ3) is 4.89. The summed E-state index contributed by atoms with van der Waals surface area (Å²) < 4.78 is 10.4. The molecular formula is C27H35N3O4. The highest BCUT2D eigenvalue weighted by molar-refractivity contribution is 6.07. The predicted molar refractivity (Wildman–Crippen MR) is 131 cm³/mol. The molecule has 182 valence electrons. The van der Waals surface area contributed by atoms with Crippen molar-refractivity contribution in [3.05, 3.63) is 59.7 Å². The third-order valence-corrected chi connectivity index (χ3v) is 7.39. The Morgan fingerprint density at radius 1 is 0.912 bits per heavy atom. The standard InChI is InChI=1S/C27H35N3O4/c1-4-27(22-14-16-29(17-15-22)19-21-7-11-24(34-3)12-8-21)25(31)30(26(32)28-27)18-13-20-5-9-23(33-2)10-6-20/h5-12,22H,4,13-19H2,1-3H3,(H,28,32)/t27-/m0/s1. The van der Waals surface area contributed by atoms with Crippen LogP contribution in [0.25, 0.3) is 0 Å². The van der Waals surface area contributed by atoms with Crippen LogP contribution in [-0.2, 0) is 17.8 Å². The summed E-state index contributed by atoms with van der Waals surface area (Å²) in [6.45, 7) is 5.09. The lowest BCUT2D eigenvalue weighted by Gasteiger charge is -2.40. The lowest BCUT2D eigenvalue weighted by atomic mass is 9.75. The fraction of sp³-hybridized carbons (Fsp3) is 0.481. The van der Waals surface area contributed by atoms with E-state index in [1.54, 1.807) is 14.2 Å². The Morgan fingerprint density at radius 2 is 1.47 bits per heavy atom. The molecule has 7 nitrogen and oxygen atoms in total. The quantitative estimate of drug-likeness (QED) is 0.570. The van der Waals surface area contributed by atoms with Gasteiger partial charge in [-0.2, -0.15) is 0 Å². The Balaban J connectivity index is 1.35. The molecular weight excluding hydrogens is 430 g/mol. The van der Waals surface area contributed by atoms with Gasteiger partial charge in [-0.25, -0.2) is 4.79 Å². The van der Waals surface area contributed by atoms with Gasteiger partial charge >= 0.3 is 6.03 Å². The zero-order valence-corrected chi connectivity index (χ0v) is 20.4. The average molecular weight is 466 g/mol. The highest BCUT2D eigenvalue weighted by atomic mass is 16.5. The fourth-order valence-corrected chi connectivity index (χ4v) is 5.26. The van der Waals surface area contributed by atoms with Gasteiger partial charge in [0.25, 0.3) is 5.91 Å². The smallest absolute Gasteiger partial charge is 0.325 e. The number of hydrogen-bond donors (Lipinski definition) is 1. The van der Waals surface area contributed by atoms with Gasteiger partial charge in [-0.3, -0.25) is 14.6 Å². The van der Waals surface area contributed by atoms with Gasteiger partial charge in [0, 0.05) is 13.1 Å². The van der Waals surface area contributed by atoms with Gasteiger partial charge in [0.15, 0.2) is 0 Å². The van der Waals surface area contributed by atoms with Crippen LogP contribution < -0.4 is 14.8 Å². The maximum Gasteiger partial charge on any atom is 0.325 e. The van der Waals surface area contributed by atoms with Gasteiger partial charge < -0.3 is 14.8 Å². The maximum absolute atomic E-state index is 13.5. The van der Waals surface area contributed by atoms with Crippen LogP contribution in [0.4, 0.5) is 4.79 Å². The molecule has 0 radical (unpaired) electrons. The number of carbonyl (C=O) groups is 2. The van der Waals surface area contributed by atoms with Crippen molar-refractivity contribution in [3.63, 3.8) is 0 Å². The molecule has 0 spiro atoms. The summed E-state index contributed by atoms with van der Waals surface area (Å²) in [4.78, 5) is 30.2. The number of rotatable bonds is 9. The number of hydrogen-bond acceptors (Lipinski definition) is 5. The van der Waals surface area contributed by atoms with Crippen molar-refractivity contribution in [1.82, 2.24) is 15.1 Å². The van der Waals surface area contributed by atoms with E-state index in [9.17, 15) is 9.59 Å². The molecule has 0 saturated carbocycles. The third-order valence-electron chi connectivity index (χ3n) is 7.39. The van der Waals surface area contributed by atoms with E-state index in [1.807, 2.05) is 43.3 Å². The number of benzene rings is 2. The highest BCUT2D eigenvalue weighted by Crippen LogP contribution is 2.36. The Bertz CT molecular complexity index is 984. The van der Waals surface area contributed by atoms with E-state index in [2.05, 4.69) is 22.3 Å². The van der Waals surface area contributed by atoms with Crippen LogP contribution in [0.5, 0.6) is 11.5 Å². The molecule has 1 atom stereocenters. The van der Waals surface area contributed by atoms with Crippen LogP contribution in [0.2, 0.25) is 0 Å². The molecule has 2 aromatic carbocycles. The van der Waals surface area contributed by atoms with Gasteiger partial charge in [0.2, 0.25) is 0 Å². The summed E-state index contributed by atoms with van der Waals surface area (Å²) in [7, 11) is 3.31. The maximum atomic E-state index is 13.5. The lowest BCUT2D eigenvalue weighted by Crippen LogP contribution is -2.55. The van der Waals surface area contributed by atoms with E-state index >= 15 is 0 Å². The monoisotopic (exact) mass is 465 g/mol. The van der Waals surface area contributed by atoms with Crippen molar-refractivity contribution < 1.29 is 19.1 Å². The van der Waals surface area contributed by atoms with Crippen molar-refractivity contribution in [1.29, 1.82) is 0 Å². The summed E-state index contributed by atoms with van der Waals surface area (Å²) in [6.07, 6.45) is 3.02. The van der Waals surface area contributed by atoms with Crippen molar-refractivity contribution in [2.45, 2.75) is 44.7 Å². The zero-order valence-electron chi connectivity index (χ0n) is 20.4. The second-order valence-electron chi connectivity index (χ2n) is 9.21. The second-order valence-corrected chi connectivity index (χ2v) is 9.21. The minimum absolute atomic E-state index is 0.0675. The molecule has 2 saturated heterocycles. The van der Waals surface area contributed by atoms with E-state index < -0.39 is 5.54 Å². The van der Waals surface area contributed by atoms with Crippen LogP contribution in [-0.4, -0.2) is 61.1 Å². The van der Waals surface area contributed by atoms with E-state index in [-0.39, 0.29) is 17.9 Å². The van der Waals surface area contributed by atoms with Gasteiger partial charge in [-0.1, -0.05) is 31.2 Å². The SMILES string of the molecule is CC[C@@]1(C2CCN(Cc3ccc(OC)cc3)CC2)NC(=O)N(CCc2ccc(OC)cc2)C1=O. The average Bonchev–Trinajstić information content (AvgIpc) is 3.13. The Labute approximate surface area is 202 Å². The number of methoxy groups -OCH3 is 2. The number of nitrogens with zero attached hydrogens (tertiary/aromatic N) is 2. The minimum atomic E-state index is -0.788. The molecule has 0 bridgehead atoms. The molecule has 2 aliphatic rings. The molecule has 2 aliphatic heterocycles. The molecule has 0 unspecified atom stereocenters. The molecule has 7 heteroatoms. The first-order valence-corrected chi connectivity index (χ1v) is 12.1. The van der Waals surface area contributed by atoms with Crippen LogP contribution in [0.3, 0.4) is 0 Å². The van der Waals surface area contributed by atoms with E-state index in [4.69, 9.17) is 9.47 Å². The molecule has 1 N–H and O–H groups in total. The van der Waals surface area contributed by atoms with Crippen LogP contribution in [0.15, 0.2) is 48.5 Å². The van der Waals surface area contributed by atoms with Gasteiger partial charge in [0.05, 0.1) is 14.2 Å². The first-order valence-electron chi connectivity index (χ1n) is 12.1. The molecule has 0 aliphatic carbocycles. The highest BCUT2D eigenvalue weighted by Gasteiger charge is 2.54. The predicted octanol–water partition coefficient (Wildman–Crippen LogP) is 3.86. The summed E-state index contributed by atoms with van der Waals surface area (Å²) in [6, 6.07) is 15.7. The normalized spacial score (nSPS) is 21.6. The largest absolute Gasteiger partial charge is 0.497 e. The number of imide groups is 1. The Morgan fingerprint density at radius 3 is 2.00 bits per heavy atom. The number of nitrogens with one attached hydrogen (secondary N) is 1. The van der Waals surface area contributed by atoms with Gasteiger partial charge in [-0.05, 0) is 80.1 Å². The molecule has 2 heterocycles. The van der Waals surface area contributed by atoms with Crippen molar-refractivity contribution in [2.75, 3.05) is 33.9 Å². The summed E-state index contributed by atoms with van der Waals surface area (Å²) in [5, 5.41) is 3.10. The van der Waals surface area contributed by atoms with Crippen LogP contribution in [0.1, 0.15) is 37.3 Å². The number of likely N-dealkylation sites (tertiary alicyclic amines) is 1. The number of piperidine rings is 1. The summed E-state index contributed by atoms with van der Waals surface area (Å²) >= 11 is 0. The van der Waals surface area contributed by atoms with Crippen molar-refractivity contribution in [2.24, 2.45) is 5.92 Å². The van der Waals surface area contributed by atoms with E-state index in [1.165, 1.54) is 10.5 Å². The van der Waals surface area contributed by atoms with Crippen molar-refractivity contribution >= 4 is 11.9 Å². The number of carbonyl (C=O) groups excluding carboxylic acids is 2. The molecule has 34 heavy (non-hydrogen) atoms. The first-order chi connectivity index (χ1) is 16.5. The van der Waals surface area contributed by atoms with Crippen LogP contribution >= 0.6 is 0 Å². The molecule has 4 rings (SSSR count). The first kappa shape index (κ1) is 24.1. The minimum Gasteiger partial charge on any atom is -0.497 e. The molecule has 2 fully saturated rings. The zero-order chi connectivity index (χ0) is 24.1. The topological polar surface area (TPSA) is 71.1 Å². The lowest BCUT2D eigenvalue weighted by molar-refractivity contribution is -0.134. The fourth-order valence-electron chi connectivity index (χ4n) is 5.26. The van der Waals surface area contributed by atoms with E-state index in [0.717, 1.165) is 49.5 Å². The van der Waals surface area contributed by atoms with E-state index in [0.29, 0.717) is 19.4 Å². The molecule has 3 amide bonds. The summed E-state index contributed by atoms with van der Waals surface area (Å²) in [5.41, 5.74) is 1.53.